The Labute approximate surface area is 45.3 Å². The van der Waals surface area contributed by atoms with Crippen molar-refractivity contribution in [3.63, 3.8) is 0 Å². The third kappa shape index (κ3) is 95.7. The molecule has 0 aliphatic carbocycles. The molecule has 0 bridgehead atoms. The van der Waals surface area contributed by atoms with Gasteiger partial charge < -0.3 is 0 Å². The van der Waals surface area contributed by atoms with E-state index < -0.39 is 0 Å². The van der Waals surface area contributed by atoms with Crippen molar-refractivity contribution in [3.8, 4) is 0 Å². The van der Waals surface area contributed by atoms with Gasteiger partial charge in [0.15, 0.2) is 0 Å². The van der Waals surface area contributed by atoms with Gasteiger partial charge in [0.25, 0.3) is 0 Å². The average molecular weight is 135 g/mol. The zero-order chi connectivity index (χ0) is 3.58. The molecule has 5 heavy (non-hydrogen) atoms. The van der Waals surface area contributed by atoms with Gasteiger partial charge in [-0.1, -0.05) is 20.8 Å². The second-order valence-corrected chi connectivity index (χ2v) is 1.50. The van der Waals surface area contributed by atoms with Gasteiger partial charge >= 0.3 is 18.0 Å². The second kappa shape index (κ2) is 4.56. The van der Waals surface area contributed by atoms with E-state index in [4.69, 9.17) is 0 Å². The average Bonchev–Trinajstić information content (AvgIpc) is 0.811. The molecule has 33 valence electrons. The van der Waals surface area contributed by atoms with Crippen LogP contribution in [0.4, 0.5) is 0 Å². The molecule has 1 radical (unpaired) electrons. The van der Waals surface area contributed by atoms with Crippen LogP contribution < -0.4 is 0 Å². The van der Waals surface area contributed by atoms with E-state index in [2.05, 4.69) is 20.8 Å². The Hall–Kier alpha value is 0.558. The summed E-state index contributed by atoms with van der Waals surface area (Å²) in [4.78, 5) is 0. The van der Waals surface area contributed by atoms with E-state index in [-0.39, 0.29) is 18.0 Å². The van der Waals surface area contributed by atoms with Crippen molar-refractivity contribution in [3.05, 3.63) is 5.92 Å². The Morgan fingerprint density at radius 2 is 1.00 bits per heavy atom. The van der Waals surface area contributed by atoms with E-state index in [0.29, 0.717) is 0 Å². The van der Waals surface area contributed by atoms with Crippen molar-refractivity contribution in [2.75, 3.05) is 0 Å². The van der Waals surface area contributed by atoms with Gasteiger partial charge in [0.05, 0.1) is 0 Å². The molecule has 0 aliphatic rings. The Morgan fingerprint density at radius 3 is 1.00 bits per heavy atom. The topological polar surface area (TPSA) is 0 Å². The molecule has 0 spiro atoms. The monoisotopic (exact) mass is 135 g/mol. The van der Waals surface area contributed by atoms with Crippen LogP contribution in [0.5, 0.6) is 0 Å². The van der Waals surface area contributed by atoms with Crippen LogP contribution in [0, 0.1) is 5.92 Å². The summed E-state index contributed by atoms with van der Waals surface area (Å²) in [5, 5.41) is 0. The molecule has 0 aromatic carbocycles. The fourth-order valence-electron chi connectivity index (χ4n) is 0. The van der Waals surface area contributed by atoms with E-state index in [9.17, 15) is 0 Å². The standard InChI is InChI=1S/C4H9.AsH3/c1-4(2)3;/h1-3H3;1H3. The van der Waals surface area contributed by atoms with Crippen LogP contribution in [-0.2, 0) is 0 Å². The summed E-state index contributed by atoms with van der Waals surface area (Å²) in [6, 6.07) is 0. The van der Waals surface area contributed by atoms with E-state index in [0.717, 1.165) is 0 Å². The van der Waals surface area contributed by atoms with Gasteiger partial charge in [-0.25, -0.2) is 0 Å². The van der Waals surface area contributed by atoms with Crippen LogP contribution in [0.2, 0.25) is 0 Å². The van der Waals surface area contributed by atoms with Crippen molar-refractivity contribution in [2.45, 2.75) is 20.8 Å². The number of hydrogen-bond acceptors (Lipinski definition) is 0. The van der Waals surface area contributed by atoms with Crippen LogP contribution in [0.1, 0.15) is 20.8 Å². The van der Waals surface area contributed by atoms with Crippen LogP contribution in [-0.4, -0.2) is 18.0 Å². The minimum atomic E-state index is 0. The number of hydrogen-bond donors (Lipinski definition) is 0. The fraction of sp³-hybridized carbons (Fsp3) is 0.750. The third-order valence-corrected chi connectivity index (χ3v) is 0. The molecule has 0 heterocycles. The molecule has 0 aromatic heterocycles. The molecular weight excluding hydrogens is 123 g/mol. The van der Waals surface area contributed by atoms with Crippen molar-refractivity contribution >= 4 is 18.0 Å². The van der Waals surface area contributed by atoms with Gasteiger partial charge in [-0.05, 0) is 5.92 Å². The van der Waals surface area contributed by atoms with Gasteiger partial charge in [-0.15, -0.1) is 0 Å². The summed E-state index contributed by atoms with van der Waals surface area (Å²) in [5.74, 6) is 1.42. The summed E-state index contributed by atoms with van der Waals surface area (Å²) in [5.41, 5.74) is 0. The van der Waals surface area contributed by atoms with Crippen LogP contribution in [0.25, 0.3) is 0 Å². The molecule has 0 aliphatic heterocycles. The normalized spacial score (nSPS) is 7.20. The molecule has 0 N–H and O–H groups in total. The Balaban J connectivity index is 0. The SMILES string of the molecule is C[C](C)C.[AsH3]. The molecule has 1 atom stereocenters. The molecule has 1 heteroatoms. The first-order valence-corrected chi connectivity index (χ1v) is 1.50. The number of rotatable bonds is 0. The van der Waals surface area contributed by atoms with Crippen molar-refractivity contribution in [1.29, 1.82) is 0 Å². The van der Waals surface area contributed by atoms with Gasteiger partial charge in [-0.2, -0.15) is 0 Å². The van der Waals surface area contributed by atoms with Crippen LogP contribution in [0.3, 0.4) is 0 Å². The quantitative estimate of drug-likeness (QED) is 0.423. The molecule has 0 amide bonds. The zero-order valence-corrected chi connectivity index (χ0v) is 7.17. The Bertz CT molecular complexity index is 8.36. The maximum atomic E-state index is 2.08. The van der Waals surface area contributed by atoms with Gasteiger partial charge in [-0.3, -0.25) is 0 Å². The third-order valence-electron chi connectivity index (χ3n) is 0. The van der Waals surface area contributed by atoms with Gasteiger partial charge in [0.1, 0.15) is 0 Å². The molecule has 0 rings (SSSR count). The molecular formula is C4H12As. The minimum absolute atomic E-state index is 0. The van der Waals surface area contributed by atoms with Gasteiger partial charge in [0.2, 0.25) is 0 Å². The van der Waals surface area contributed by atoms with Crippen molar-refractivity contribution < 1.29 is 0 Å². The second-order valence-electron chi connectivity index (χ2n) is 1.50. The summed E-state index contributed by atoms with van der Waals surface area (Å²) >= 11 is 0. The predicted octanol–water partition coefficient (Wildman–Crippen LogP) is 0.437. The van der Waals surface area contributed by atoms with Gasteiger partial charge in [0, 0.05) is 0 Å². The summed E-state index contributed by atoms with van der Waals surface area (Å²) in [6.45, 7) is 6.25. The summed E-state index contributed by atoms with van der Waals surface area (Å²) < 4.78 is 0. The molecule has 0 aromatic rings. The molecule has 0 nitrogen and oxygen atoms in total. The summed E-state index contributed by atoms with van der Waals surface area (Å²) in [7, 11) is 0. The first-order chi connectivity index (χ1) is 1.73. The Kier molecular flexibility index (Phi) is 8.32. The van der Waals surface area contributed by atoms with Crippen molar-refractivity contribution in [1.82, 2.24) is 0 Å². The van der Waals surface area contributed by atoms with Crippen LogP contribution in [0.15, 0.2) is 0 Å². The maximum absolute atomic E-state index is 2.08. The molecule has 1 unspecified atom stereocenters. The van der Waals surface area contributed by atoms with E-state index in [1.165, 1.54) is 5.92 Å². The van der Waals surface area contributed by atoms with E-state index >= 15 is 0 Å². The Morgan fingerprint density at radius 1 is 1.00 bits per heavy atom. The fourth-order valence-corrected chi connectivity index (χ4v) is 0. The molecule has 0 saturated heterocycles. The van der Waals surface area contributed by atoms with Crippen molar-refractivity contribution in [2.24, 2.45) is 0 Å². The predicted molar refractivity (Wildman–Crippen MR) is 30.2 cm³/mol. The van der Waals surface area contributed by atoms with Crippen LogP contribution >= 0.6 is 0 Å². The first kappa shape index (κ1) is 9.12. The van der Waals surface area contributed by atoms with E-state index in [1.54, 1.807) is 0 Å². The van der Waals surface area contributed by atoms with E-state index in [1.807, 2.05) is 0 Å². The first-order valence-electron chi connectivity index (χ1n) is 1.50. The summed E-state index contributed by atoms with van der Waals surface area (Å²) in [6.07, 6.45) is 0. The molecule has 0 saturated carbocycles. The molecule has 0 fully saturated rings. The zero-order valence-electron chi connectivity index (χ0n) is 4.21.